The van der Waals surface area contributed by atoms with E-state index >= 15 is 0 Å². The first-order valence-corrected chi connectivity index (χ1v) is 3.73. The van der Waals surface area contributed by atoms with Gasteiger partial charge < -0.3 is 11.2 Å². The molecule has 0 aliphatic carbocycles. The van der Waals surface area contributed by atoms with Gasteiger partial charge in [-0.1, -0.05) is 29.8 Å². The van der Waals surface area contributed by atoms with Gasteiger partial charge in [-0.2, -0.15) is 0 Å². The number of hydrogen-bond acceptors (Lipinski definition) is 3. The number of nitrogens with two attached hydrogens (primary N) is 2. The van der Waals surface area contributed by atoms with Gasteiger partial charge in [-0.15, -0.1) is 0 Å². The van der Waals surface area contributed by atoms with Crippen molar-refractivity contribution in [3.8, 4) is 0 Å². The van der Waals surface area contributed by atoms with E-state index in [0.29, 0.717) is 0 Å². The van der Waals surface area contributed by atoms with Gasteiger partial charge >= 0.3 is 0 Å². The standard InChI is InChI=1S/C9H13N3/c1-7-2-4-8(5-3-7)9(6-10)12-11/h2-6,12H,10-11H2,1H3/b9-6-. The van der Waals surface area contributed by atoms with Crippen LogP contribution in [-0.4, -0.2) is 0 Å². The minimum Gasteiger partial charge on any atom is -0.403 e. The molecular weight excluding hydrogens is 150 g/mol. The summed E-state index contributed by atoms with van der Waals surface area (Å²) in [5.41, 5.74) is 10.8. The highest BCUT2D eigenvalue weighted by Gasteiger charge is 1.96. The van der Waals surface area contributed by atoms with Crippen molar-refractivity contribution in [2.45, 2.75) is 6.92 Å². The molecule has 0 amide bonds. The molecule has 0 aromatic heterocycles. The van der Waals surface area contributed by atoms with E-state index in [2.05, 4.69) is 5.43 Å². The fourth-order valence-electron chi connectivity index (χ4n) is 0.961. The van der Waals surface area contributed by atoms with E-state index in [-0.39, 0.29) is 0 Å². The zero-order chi connectivity index (χ0) is 8.97. The van der Waals surface area contributed by atoms with Crippen molar-refractivity contribution in [2.75, 3.05) is 0 Å². The number of hydrazine groups is 1. The summed E-state index contributed by atoms with van der Waals surface area (Å²) in [6.07, 6.45) is 1.45. The van der Waals surface area contributed by atoms with Crippen LogP contribution in [0.25, 0.3) is 5.70 Å². The molecule has 0 unspecified atom stereocenters. The van der Waals surface area contributed by atoms with Gasteiger partial charge in [0.2, 0.25) is 0 Å². The molecule has 0 heterocycles. The van der Waals surface area contributed by atoms with Crippen molar-refractivity contribution in [1.82, 2.24) is 5.43 Å². The highest BCUT2D eigenvalue weighted by atomic mass is 15.2. The maximum Gasteiger partial charge on any atom is 0.0713 e. The highest BCUT2D eigenvalue weighted by molar-refractivity contribution is 5.62. The van der Waals surface area contributed by atoms with Gasteiger partial charge in [-0.05, 0) is 6.92 Å². The Morgan fingerprint density at radius 2 is 1.92 bits per heavy atom. The molecule has 0 bridgehead atoms. The predicted octanol–water partition coefficient (Wildman–Crippen LogP) is 0.715. The molecule has 1 rings (SSSR count). The Bertz CT molecular complexity index is 274. The molecule has 3 heteroatoms. The maximum absolute atomic E-state index is 5.35. The molecule has 0 spiro atoms. The average Bonchev–Trinajstić information content (AvgIpc) is 2.10. The van der Waals surface area contributed by atoms with Gasteiger partial charge in [0.25, 0.3) is 0 Å². The van der Waals surface area contributed by atoms with E-state index in [0.717, 1.165) is 11.3 Å². The summed E-state index contributed by atoms with van der Waals surface area (Å²) in [5, 5.41) is 0. The zero-order valence-corrected chi connectivity index (χ0v) is 7.04. The lowest BCUT2D eigenvalue weighted by molar-refractivity contribution is 0.987. The van der Waals surface area contributed by atoms with Crippen molar-refractivity contribution < 1.29 is 0 Å². The molecule has 12 heavy (non-hydrogen) atoms. The maximum atomic E-state index is 5.35. The molecule has 0 saturated heterocycles. The van der Waals surface area contributed by atoms with Gasteiger partial charge in [0.15, 0.2) is 0 Å². The number of nitrogens with one attached hydrogen (secondary N) is 1. The Kier molecular flexibility index (Phi) is 2.71. The van der Waals surface area contributed by atoms with E-state index < -0.39 is 0 Å². The Morgan fingerprint density at radius 3 is 2.33 bits per heavy atom. The molecule has 64 valence electrons. The van der Waals surface area contributed by atoms with E-state index in [1.165, 1.54) is 11.8 Å². The Labute approximate surface area is 72.0 Å². The van der Waals surface area contributed by atoms with Crippen LogP contribution in [0.2, 0.25) is 0 Å². The van der Waals surface area contributed by atoms with E-state index in [1.807, 2.05) is 31.2 Å². The van der Waals surface area contributed by atoms with Crippen LogP contribution in [0.4, 0.5) is 0 Å². The summed E-state index contributed by atoms with van der Waals surface area (Å²) in [6, 6.07) is 7.95. The van der Waals surface area contributed by atoms with Crippen LogP contribution < -0.4 is 17.0 Å². The molecular formula is C9H13N3. The predicted molar refractivity (Wildman–Crippen MR) is 50.7 cm³/mol. The lowest BCUT2D eigenvalue weighted by atomic mass is 10.1. The van der Waals surface area contributed by atoms with Crippen LogP contribution in [0.15, 0.2) is 30.5 Å². The van der Waals surface area contributed by atoms with Gasteiger partial charge in [-0.3, -0.25) is 5.84 Å². The number of aryl methyl sites for hydroxylation is 1. The first-order valence-electron chi connectivity index (χ1n) is 3.73. The first kappa shape index (κ1) is 8.62. The molecule has 0 aliphatic rings. The largest absolute Gasteiger partial charge is 0.403 e. The second kappa shape index (κ2) is 3.78. The number of rotatable bonds is 2. The summed E-state index contributed by atoms with van der Waals surface area (Å²) in [5.74, 6) is 5.26. The van der Waals surface area contributed by atoms with Gasteiger partial charge in [-0.25, -0.2) is 0 Å². The molecule has 0 fully saturated rings. The third-order valence-corrected chi connectivity index (χ3v) is 1.68. The van der Waals surface area contributed by atoms with E-state index in [4.69, 9.17) is 11.6 Å². The lowest BCUT2D eigenvalue weighted by Gasteiger charge is -2.05. The van der Waals surface area contributed by atoms with E-state index in [9.17, 15) is 0 Å². The molecule has 0 radical (unpaired) electrons. The lowest BCUT2D eigenvalue weighted by Crippen LogP contribution is -2.20. The third kappa shape index (κ3) is 1.77. The quantitative estimate of drug-likeness (QED) is 0.444. The SMILES string of the molecule is Cc1ccc(/C(=C/N)NN)cc1. The normalized spacial score (nSPS) is 11.3. The topological polar surface area (TPSA) is 64.1 Å². The monoisotopic (exact) mass is 163 g/mol. The molecule has 1 aromatic rings. The fraction of sp³-hybridized carbons (Fsp3) is 0.111. The molecule has 0 saturated carbocycles. The zero-order valence-electron chi connectivity index (χ0n) is 7.04. The summed E-state index contributed by atoms with van der Waals surface area (Å²) in [7, 11) is 0. The van der Waals surface area contributed by atoms with Crippen LogP contribution >= 0.6 is 0 Å². The van der Waals surface area contributed by atoms with Crippen LogP contribution in [0.5, 0.6) is 0 Å². The van der Waals surface area contributed by atoms with Crippen molar-refractivity contribution >= 4 is 5.70 Å². The molecule has 5 N–H and O–H groups in total. The Morgan fingerprint density at radius 1 is 1.33 bits per heavy atom. The average molecular weight is 163 g/mol. The Hall–Kier alpha value is -1.48. The summed E-state index contributed by atoms with van der Waals surface area (Å²) < 4.78 is 0. The van der Waals surface area contributed by atoms with Crippen molar-refractivity contribution in [3.05, 3.63) is 41.6 Å². The summed E-state index contributed by atoms with van der Waals surface area (Å²) >= 11 is 0. The summed E-state index contributed by atoms with van der Waals surface area (Å²) in [6.45, 7) is 2.03. The molecule has 1 aromatic carbocycles. The minimum atomic E-state index is 0.731. The third-order valence-electron chi connectivity index (χ3n) is 1.68. The second-order valence-corrected chi connectivity index (χ2v) is 2.59. The van der Waals surface area contributed by atoms with Crippen molar-refractivity contribution in [2.24, 2.45) is 11.6 Å². The molecule has 3 nitrogen and oxygen atoms in total. The van der Waals surface area contributed by atoms with Crippen LogP contribution in [-0.2, 0) is 0 Å². The van der Waals surface area contributed by atoms with Crippen LogP contribution in [0, 0.1) is 6.92 Å². The smallest absolute Gasteiger partial charge is 0.0713 e. The van der Waals surface area contributed by atoms with Gasteiger partial charge in [0, 0.05) is 11.8 Å². The van der Waals surface area contributed by atoms with Crippen molar-refractivity contribution in [1.29, 1.82) is 0 Å². The van der Waals surface area contributed by atoms with Crippen molar-refractivity contribution in [3.63, 3.8) is 0 Å². The second-order valence-electron chi connectivity index (χ2n) is 2.59. The first-order chi connectivity index (χ1) is 5.77. The van der Waals surface area contributed by atoms with E-state index in [1.54, 1.807) is 0 Å². The number of hydrogen-bond donors (Lipinski definition) is 3. The summed E-state index contributed by atoms with van der Waals surface area (Å²) in [4.78, 5) is 0. The molecule has 0 aliphatic heterocycles. The minimum absolute atomic E-state index is 0.731. The highest BCUT2D eigenvalue weighted by Crippen LogP contribution is 2.09. The van der Waals surface area contributed by atoms with Crippen LogP contribution in [0.1, 0.15) is 11.1 Å². The number of benzene rings is 1. The van der Waals surface area contributed by atoms with Gasteiger partial charge in [0.05, 0.1) is 5.70 Å². The Balaban J connectivity index is 2.96. The van der Waals surface area contributed by atoms with Crippen LogP contribution in [0.3, 0.4) is 0 Å². The van der Waals surface area contributed by atoms with Gasteiger partial charge in [0.1, 0.15) is 0 Å². The molecule has 0 atom stereocenters. The fourth-order valence-corrected chi connectivity index (χ4v) is 0.961.